The maximum atomic E-state index is 12.7. The molecule has 2 atom stereocenters. The number of rotatable bonds is 5. The second-order valence-electron chi connectivity index (χ2n) is 6.04. The molecule has 0 saturated carbocycles. The fraction of sp³-hybridized carbons (Fsp3) is 0.429. The summed E-state index contributed by atoms with van der Waals surface area (Å²) in [5.74, 6) is 3.03. The van der Waals surface area contributed by atoms with Crippen LogP contribution < -0.4 is 16.7 Å². The number of β-lactam (4-membered cyclic amide) rings is 1. The van der Waals surface area contributed by atoms with Gasteiger partial charge < -0.3 is 15.3 Å². The third-order valence-electron chi connectivity index (χ3n) is 4.10. The number of nitrogens with two attached hydrogens (primary N) is 1. The van der Waals surface area contributed by atoms with Crippen LogP contribution in [0.1, 0.15) is 6.92 Å². The van der Waals surface area contributed by atoms with Gasteiger partial charge in [0.25, 0.3) is 17.6 Å². The summed E-state index contributed by atoms with van der Waals surface area (Å²) in [6, 6.07) is -0.963. The molecular formula is C14H18N8O6S2. The smallest absolute Gasteiger partial charge is 0.352 e. The quantitative estimate of drug-likeness (QED) is 0.115. The lowest BCUT2D eigenvalue weighted by Crippen LogP contribution is -2.71. The zero-order valence-corrected chi connectivity index (χ0v) is 17.4. The number of hydrazine groups is 3. The summed E-state index contributed by atoms with van der Waals surface area (Å²) in [5, 5.41) is 20.5. The summed E-state index contributed by atoms with van der Waals surface area (Å²) in [7, 11) is 1.23. The first kappa shape index (κ1) is 21.9. The van der Waals surface area contributed by atoms with Crippen LogP contribution in [0.5, 0.6) is 0 Å². The van der Waals surface area contributed by atoms with Gasteiger partial charge in [0.15, 0.2) is 5.12 Å². The van der Waals surface area contributed by atoms with E-state index in [4.69, 9.17) is 5.84 Å². The van der Waals surface area contributed by atoms with Crippen LogP contribution in [0.15, 0.2) is 21.5 Å². The Labute approximate surface area is 178 Å². The second-order valence-corrected chi connectivity index (χ2v) is 8.30. The number of carboxylic acid groups (broad SMARTS) is 1. The Bertz CT molecular complexity index is 876. The summed E-state index contributed by atoms with van der Waals surface area (Å²) in [6.45, 7) is 1.38. The zero-order chi connectivity index (χ0) is 22.0. The summed E-state index contributed by atoms with van der Waals surface area (Å²) >= 11 is 2.27. The molecule has 1 fully saturated rings. The number of nitrogens with zero attached hydrogens (tertiary/aromatic N) is 5. The Morgan fingerprint density at radius 3 is 2.83 bits per heavy atom. The number of hydrazone groups is 1. The molecule has 5 N–H and O–H groups in total. The average molecular weight is 458 g/mol. The molecule has 1 unspecified atom stereocenters. The zero-order valence-electron chi connectivity index (χ0n) is 15.8. The first-order valence-electron chi connectivity index (χ1n) is 8.34. The van der Waals surface area contributed by atoms with Gasteiger partial charge in [-0.1, -0.05) is 16.9 Å². The minimum Gasteiger partial charge on any atom is -0.477 e. The molecule has 3 rings (SSSR count). The van der Waals surface area contributed by atoms with E-state index in [2.05, 4.69) is 25.9 Å². The van der Waals surface area contributed by atoms with Gasteiger partial charge in [-0.25, -0.2) is 15.6 Å². The molecule has 0 spiro atoms. The molecule has 2 amide bonds. The van der Waals surface area contributed by atoms with Crippen molar-refractivity contribution in [1.82, 2.24) is 26.0 Å². The summed E-state index contributed by atoms with van der Waals surface area (Å²) in [4.78, 5) is 54.0. The van der Waals surface area contributed by atoms with Gasteiger partial charge in [-0.3, -0.25) is 19.3 Å². The molecule has 0 aromatic carbocycles. The van der Waals surface area contributed by atoms with Crippen LogP contribution in [0.3, 0.4) is 0 Å². The van der Waals surface area contributed by atoms with E-state index < -0.39 is 29.2 Å². The van der Waals surface area contributed by atoms with E-state index in [1.807, 2.05) is 0 Å². The van der Waals surface area contributed by atoms with Crippen molar-refractivity contribution < 1.29 is 29.1 Å². The normalized spacial score (nSPS) is 23.4. The van der Waals surface area contributed by atoms with Crippen LogP contribution in [-0.2, 0) is 24.0 Å². The number of hydrogen-bond donors (Lipinski definition) is 4. The van der Waals surface area contributed by atoms with Crippen molar-refractivity contribution in [1.29, 1.82) is 0 Å². The van der Waals surface area contributed by atoms with Crippen LogP contribution in [-0.4, -0.2) is 85.3 Å². The Morgan fingerprint density at radius 2 is 2.27 bits per heavy atom. The number of carbonyl (C=O) groups is 4. The molecule has 0 aromatic rings. The molecule has 14 nitrogen and oxygen atoms in total. The van der Waals surface area contributed by atoms with Gasteiger partial charge in [-0.05, 0) is 5.57 Å². The van der Waals surface area contributed by atoms with Crippen molar-refractivity contribution in [2.75, 3.05) is 18.6 Å². The van der Waals surface area contributed by atoms with Gasteiger partial charge in [0.05, 0.1) is 0 Å². The molecule has 0 bridgehead atoms. The predicted octanol–water partition coefficient (Wildman–Crippen LogP) is -2.18. The molecule has 3 aliphatic rings. The van der Waals surface area contributed by atoms with Crippen molar-refractivity contribution >= 4 is 58.6 Å². The van der Waals surface area contributed by atoms with Crippen LogP contribution in [0, 0.1) is 0 Å². The molecule has 16 heteroatoms. The minimum atomic E-state index is -1.26. The summed E-state index contributed by atoms with van der Waals surface area (Å²) < 4.78 is 0. The lowest BCUT2D eigenvalue weighted by Gasteiger charge is -2.49. The van der Waals surface area contributed by atoms with E-state index in [0.717, 1.165) is 26.9 Å². The number of fused-ring (bicyclic) bond motifs is 1. The van der Waals surface area contributed by atoms with E-state index >= 15 is 0 Å². The average Bonchev–Trinajstić information content (AvgIpc) is 3.13. The number of nitrogens with one attached hydrogen (secondary N) is 2. The van der Waals surface area contributed by atoms with E-state index in [-0.39, 0.29) is 22.4 Å². The highest BCUT2D eigenvalue weighted by molar-refractivity contribution is 8.13. The van der Waals surface area contributed by atoms with Crippen molar-refractivity contribution in [3.63, 3.8) is 0 Å². The lowest BCUT2D eigenvalue weighted by molar-refractivity contribution is -0.150. The van der Waals surface area contributed by atoms with E-state index in [1.165, 1.54) is 32.1 Å². The van der Waals surface area contributed by atoms with E-state index in [0.29, 0.717) is 11.3 Å². The van der Waals surface area contributed by atoms with Gasteiger partial charge in [0, 0.05) is 18.4 Å². The highest BCUT2D eigenvalue weighted by atomic mass is 32.2. The minimum absolute atomic E-state index is 0.152. The molecule has 3 heterocycles. The summed E-state index contributed by atoms with van der Waals surface area (Å²) in [6.07, 6.45) is 1.17. The van der Waals surface area contributed by atoms with Crippen LogP contribution in [0.25, 0.3) is 0 Å². The Kier molecular flexibility index (Phi) is 6.49. The third-order valence-corrected chi connectivity index (χ3v) is 6.34. The van der Waals surface area contributed by atoms with Crippen molar-refractivity contribution in [3.05, 3.63) is 11.3 Å². The van der Waals surface area contributed by atoms with Crippen LogP contribution >= 0.6 is 23.5 Å². The Balaban J connectivity index is 1.73. The van der Waals surface area contributed by atoms with Gasteiger partial charge in [-0.15, -0.1) is 27.6 Å². The monoisotopic (exact) mass is 458 g/mol. The summed E-state index contributed by atoms with van der Waals surface area (Å²) in [5.41, 5.74) is 2.81. The highest BCUT2D eigenvalue weighted by Crippen LogP contribution is 2.41. The van der Waals surface area contributed by atoms with Crippen molar-refractivity contribution in [2.24, 2.45) is 16.1 Å². The standard InChI is InChI=1S/C14H18N8O6S2/c1-6(23)29-3-7-4-30-13-8(12(25)21(13)9(7)14(26)27)17-11(24)10(18-28-2)20-5-16-22(15)19-20/h5,8,13,19H,3-4,15H2,1-2H3,(H,17,24)(H,26,27)/t8?,13-/m1/s1. The highest BCUT2D eigenvalue weighted by Gasteiger charge is 2.54. The maximum Gasteiger partial charge on any atom is 0.352 e. The van der Waals surface area contributed by atoms with Gasteiger partial charge in [-0.2, -0.15) is 0 Å². The Morgan fingerprint density at radius 1 is 1.53 bits per heavy atom. The molecule has 1 saturated heterocycles. The van der Waals surface area contributed by atoms with Crippen LogP contribution in [0.2, 0.25) is 0 Å². The topological polar surface area (TPSA) is 182 Å². The van der Waals surface area contributed by atoms with Gasteiger partial charge >= 0.3 is 5.97 Å². The fourth-order valence-electron chi connectivity index (χ4n) is 2.84. The number of amides is 2. The number of carbonyl (C=O) groups excluding carboxylic acids is 3. The molecule has 3 aliphatic heterocycles. The van der Waals surface area contributed by atoms with E-state index in [1.54, 1.807) is 0 Å². The lowest BCUT2D eigenvalue weighted by atomic mass is 10.0. The molecule has 162 valence electrons. The van der Waals surface area contributed by atoms with Gasteiger partial charge in [0.2, 0.25) is 0 Å². The van der Waals surface area contributed by atoms with E-state index in [9.17, 15) is 24.3 Å². The number of carboxylic acids is 1. The van der Waals surface area contributed by atoms with Crippen molar-refractivity contribution in [2.45, 2.75) is 18.3 Å². The molecule has 0 aromatic heterocycles. The second kappa shape index (κ2) is 8.90. The first-order chi connectivity index (χ1) is 14.2. The van der Waals surface area contributed by atoms with Crippen LogP contribution in [0.4, 0.5) is 0 Å². The molecule has 0 radical (unpaired) electrons. The maximum absolute atomic E-state index is 12.7. The number of amidine groups is 1. The fourth-order valence-corrected chi connectivity index (χ4v) is 4.93. The molecular weight excluding hydrogens is 440 g/mol. The number of aliphatic carboxylic acids is 1. The number of oxime groups is 1. The van der Waals surface area contributed by atoms with Gasteiger partial charge in [0.1, 0.15) is 30.6 Å². The number of thioether (sulfide) groups is 2. The SMILES string of the molecule is CON=C(C(=O)NC1C(=O)N2C(C(=O)O)=C(CSC(C)=O)CS[C@H]12)N1C=NN(N)N1. The van der Waals surface area contributed by atoms with Crippen molar-refractivity contribution in [3.8, 4) is 0 Å². The predicted molar refractivity (Wildman–Crippen MR) is 107 cm³/mol. The number of hydrogen-bond acceptors (Lipinski definition) is 12. The third kappa shape index (κ3) is 4.20. The first-order valence-corrected chi connectivity index (χ1v) is 10.4. The molecule has 30 heavy (non-hydrogen) atoms. The molecule has 0 aliphatic carbocycles. The Hall–Kier alpha value is -2.82. The largest absolute Gasteiger partial charge is 0.477 e.